The van der Waals surface area contributed by atoms with Gasteiger partial charge in [-0.15, -0.1) is 0 Å². The predicted molar refractivity (Wildman–Crippen MR) is 86.8 cm³/mol. The molecular formula is C17H24ClNO. The summed E-state index contributed by atoms with van der Waals surface area (Å²) in [5.41, 5.74) is 0.975. The molecule has 0 aliphatic rings. The van der Waals surface area contributed by atoms with Crippen molar-refractivity contribution in [3.8, 4) is 0 Å². The molecule has 0 spiro atoms. The molecule has 0 saturated carbocycles. The third-order valence-corrected chi connectivity index (χ3v) is 3.66. The maximum Gasteiger partial charge on any atom is 0.244 e. The summed E-state index contributed by atoms with van der Waals surface area (Å²) in [6, 6.07) is 7.42. The van der Waals surface area contributed by atoms with Crippen LogP contribution in [0.4, 0.5) is 0 Å². The van der Waals surface area contributed by atoms with Gasteiger partial charge in [-0.3, -0.25) is 4.79 Å². The minimum atomic E-state index is -0.0325. The number of hydrogen-bond donors (Lipinski definition) is 1. The predicted octanol–water partition coefficient (Wildman–Crippen LogP) is 4.69. The number of nitrogens with one attached hydrogen (secondary N) is 1. The minimum Gasteiger partial charge on any atom is -0.352 e. The average molecular weight is 294 g/mol. The Morgan fingerprint density at radius 2 is 2.00 bits per heavy atom. The van der Waals surface area contributed by atoms with Crippen molar-refractivity contribution in [2.75, 3.05) is 6.54 Å². The molecule has 1 unspecified atom stereocenters. The molecule has 1 aromatic rings. The standard InChI is InChI=1S/C17H24ClNO/c1-3-5-6-14(4-2)13-19-17(20)12-9-15-7-10-16(18)11-8-15/h7-12,14H,3-6,13H2,1-2H3,(H,19,20). The molecule has 0 aromatic heterocycles. The summed E-state index contributed by atoms with van der Waals surface area (Å²) in [5, 5.41) is 3.67. The van der Waals surface area contributed by atoms with E-state index in [-0.39, 0.29) is 5.91 Å². The van der Waals surface area contributed by atoms with Crippen molar-refractivity contribution in [2.45, 2.75) is 39.5 Å². The van der Waals surface area contributed by atoms with Gasteiger partial charge in [-0.05, 0) is 36.1 Å². The van der Waals surface area contributed by atoms with E-state index in [9.17, 15) is 4.79 Å². The molecule has 110 valence electrons. The Labute approximate surface area is 127 Å². The van der Waals surface area contributed by atoms with E-state index in [2.05, 4.69) is 19.2 Å². The van der Waals surface area contributed by atoms with Crippen molar-refractivity contribution in [3.05, 3.63) is 40.9 Å². The summed E-state index contributed by atoms with van der Waals surface area (Å²) in [6.07, 6.45) is 8.12. The fourth-order valence-corrected chi connectivity index (χ4v) is 2.12. The molecule has 1 aromatic carbocycles. The first-order valence-electron chi connectivity index (χ1n) is 7.37. The summed E-state index contributed by atoms with van der Waals surface area (Å²) in [5.74, 6) is 0.553. The Balaban J connectivity index is 2.37. The molecule has 2 nitrogen and oxygen atoms in total. The molecule has 0 fully saturated rings. The van der Waals surface area contributed by atoms with Crippen LogP contribution in [-0.2, 0) is 4.79 Å². The molecule has 0 saturated heterocycles. The first-order chi connectivity index (χ1) is 9.65. The number of benzene rings is 1. The largest absolute Gasteiger partial charge is 0.352 e. The van der Waals surface area contributed by atoms with E-state index in [1.54, 1.807) is 12.2 Å². The Bertz CT molecular complexity index is 425. The third kappa shape index (κ3) is 6.76. The molecule has 0 bridgehead atoms. The first-order valence-corrected chi connectivity index (χ1v) is 7.75. The molecule has 1 amide bonds. The molecular weight excluding hydrogens is 270 g/mol. The molecule has 0 heterocycles. The number of carbonyl (C=O) groups is 1. The fraction of sp³-hybridized carbons (Fsp3) is 0.471. The monoisotopic (exact) mass is 293 g/mol. The Morgan fingerprint density at radius 3 is 2.60 bits per heavy atom. The SMILES string of the molecule is CCCCC(CC)CNC(=O)C=Cc1ccc(Cl)cc1. The van der Waals surface area contributed by atoms with E-state index in [0.29, 0.717) is 10.9 Å². The maximum atomic E-state index is 11.8. The van der Waals surface area contributed by atoms with Crippen LogP contribution < -0.4 is 5.32 Å². The smallest absolute Gasteiger partial charge is 0.244 e. The second kappa shape index (κ2) is 9.60. The van der Waals surface area contributed by atoms with Gasteiger partial charge in [0.1, 0.15) is 0 Å². The number of hydrogen-bond acceptors (Lipinski definition) is 1. The van der Waals surface area contributed by atoms with E-state index in [1.807, 2.05) is 24.3 Å². The molecule has 0 aliphatic heterocycles. The second-order valence-electron chi connectivity index (χ2n) is 5.05. The van der Waals surface area contributed by atoms with Gasteiger partial charge in [0.15, 0.2) is 0 Å². The van der Waals surface area contributed by atoms with Crippen LogP contribution in [-0.4, -0.2) is 12.5 Å². The van der Waals surface area contributed by atoms with E-state index in [0.717, 1.165) is 18.5 Å². The molecule has 0 aliphatic carbocycles. The van der Waals surface area contributed by atoms with Crippen LogP contribution in [0.1, 0.15) is 45.1 Å². The minimum absolute atomic E-state index is 0.0325. The summed E-state index contributed by atoms with van der Waals surface area (Å²) in [7, 11) is 0. The zero-order chi connectivity index (χ0) is 14.8. The lowest BCUT2D eigenvalue weighted by Gasteiger charge is -2.14. The van der Waals surface area contributed by atoms with Crippen LogP contribution in [0.2, 0.25) is 5.02 Å². The topological polar surface area (TPSA) is 29.1 Å². The van der Waals surface area contributed by atoms with Crippen molar-refractivity contribution in [1.29, 1.82) is 0 Å². The van der Waals surface area contributed by atoms with Gasteiger partial charge in [0.25, 0.3) is 0 Å². The van der Waals surface area contributed by atoms with Gasteiger partial charge < -0.3 is 5.32 Å². The molecule has 1 atom stereocenters. The van der Waals surface area contributed by atoms with Gasteiger partial charge in [-0.25, -0.2) is 0 Å². The van der Waals surface area contributed by atoms with Crippen LogP contribution in [0.3, 0.4) is 0 Å². The molecule has 1 N–H and O–H groups in total. The third-order valence-electron chi connectivity index (χ3n) is 3.41. The van der Waals surface area contributed by atoms with E-state index in [1.165, 1.54) is 19.3 Å². The highest BCUT2D eigenvalue weighted by Gasteiger charge is 2.06. The van der Waals surface area contributed by atoms with Gasteiger partial charge in [0.05, 0.1) is 0 Å². The van der Waals surface area contributed by atoms with E-state index >= 15 is 0 Å². The Morgan fingerprint density at radius 1 is 1.30 bits per heavy atom. The van der Waals surface area contributed by atoms with E-state index < -0.39 is 0 Å². The summed E-state index contributed by atoms with van der Waals surface area (Å²) in [6.45, 7) is 5.14. The quantitative estimate of drug-likeness (QED) is 0.692. The Kier molecular flexibility index (Phi) is 8.05. The highest BCUT2D eigenvalue weighted by Crippen LogP contribution is 2.12. The van der Waals surface area contributed by atoms with Crippen molar-refractivity contribution >= 4 is 23.6 Å². The zero-order valence-electron chi connectivity index (χ0n) is 12.4. The van der Waals surface area contributed by atoms with E-state index in [4.69, 9.17) is 11.6 Å². The summed E-state index contributed by atoms with van der Waals surface area (Å²) in [4.78, 5) is 11.8. The number of amides is 1. The maximum absolute atomic E-state index is 11.8. The highest BCUT2D eigenvalue weighted by atomic mass is 35.5. The Hall–Kier alpha value is -1.28. The van der Waals surface area contributed by atoms with Gasteiger partial charge in [-0.1, -0.05) is 56.8 Å². The van der Waals surface area contributed by atoms with Gasteiger partial charge in [-0.2, -0.15) is 0 Å². The molecule has 20 heavy (non-hydrogen) atoms. The van der Waals surface area contributed by atoms with Crippen LogP contribution in [0.25, 0.3) is 6.08 Å². The van der Waals surface area contributed by atoms with Gasteiger partial charge in [0, 0.05) is 17.6 Å². The van der Waals surface area contributed by atoms with Crippen molar-refractivity contribution in [2.24, 2.45) is 5.92 Å². The van der Waals surface area contributed by atoms with Crippen molar-refractivity contribution in [1.82, 2.24) is 5.32 Å². The fourth-order valence-electron chi connectivity index (χ4n) is 1.99. The lowest BCUT2D eigenvalue weighted by molar-refractivity contribution is -0.116. The second-order valence-corrected chi connectivity index (χ2v) is 5.48. The van der Waals surface area contributed by atoms with Gasteiger partial charge >= 0.3 is 0 Å². The van der Waals surface area contributed by atoms with Crippen molar-refractivity contribution in [3.63, 3.8) is 0 Å². The number of halogens is 1. The summed E-state index contributed by atoms with van der Waals surface area (Å²) >= 11 is 5.81. The number of carbonyl (C=O) groups excluding carboxylic acids is 1. The summed E-state index contributed by atoms with van der Waals surface area (Å²) < 4.78 is 0. The van der Waals surface area contributed by atoms with Crippen molar-refractivity contribution < 1.29 is 4.79 Å². The molecule has 1 rings (SSSR count). The van der Waals surface area contributed by atoms with Crippen LogP contribution in [0, 0.1) is 5.92 Å². The van der Waals surface area contributed by atoms with Crippen LogP contribution >= 0.6 is 11.6 Å². The lowest BCUT2D eigenvalue weighted by atomic mass is 9.99. The van der Waals surface area contributed by atoms with Crippen LogP contribution in [0.15, 0.2) is 30.3 Å². The molecule has 3 heteroatoms. The normalized spacial score (nSPS) is 12.6. The number of rotatable bonds is 8. The first kappa shape index (κ1) is 16.8. The zero-order valence-corrected chi connectivity index (χ0v) is 13.1. The lowest BCUT2D eigenvalue weighted by Crippen LogP contribution is -2.27. The number of unbranched alkanes of at least 4 members (excludes halogenated alkanes) is 1. The molecule has 0 radical (unpaired) electrons. The highest BCUT2D eigenvalue weighted by molar-refractivity contribution is 6.30. The average Bonchev–Trinajstić information content (AvgIpc) is 2.47. The van der Waals surface area contributed by atoms with Gasteiger partial charge in [0.2, 0.25) is 5.91 Å². The van der Waals surface area contributed by atoms with Crippen LogP contribution in [0.5, 0.6) is 0 Å².